The molecule has 8 nitrogen and oxygen atoms in total. The van der Waals surface area contributed by atoms with E-state index in [0.29, 0.717) is 11.6 Å². The Labute approximate surface area is 174 Å². The van der Waals surface area contributed by atoms with Gasteiger partial charge in [0.1, 0.15) is 24.3 Å². The van der Waals surface area contributed by atoms with Crippen molar-refractivity contribution in [1.82, 2.24) is 29.7 Å². The number of nitrogen functional groups attached to an aromatic ring is 2. The second-order valence-corrected chi connectivity index (χ2v) is 7.77. The Hall–Kier alpha value is -3.36. The highest BCUT2D eigenvalue weighted by Crippen LogP contribution is 2.21. The molecule has 2 aromatic heterocycles. The summed E-state index contributed by atoms with van der Waals surface area (Å²) in [6.07, 6.45) is 3.04. The van der Waals surface area contributed by atoms with Gasteiger partial charge in [0.2, 0.25) is 0 Å². The topological polar surface area (TPSA) is 110 Å². The van der Waals surface area contributed by atoms with Gasteiger partial charge in [-0.2, -0.15) is 0 Å². The van der Waals surface area contributed by atoms with Crippen molar-refractivity contribution in [2.45, 2.75) is 13.1 Å². The van der Waals surface area contributed by atoms with Crippen LogP contribution >= 0.6 is 0 Å². The summed E-state index contributed by atoms with van der Waals surface area (Å²) < 4.78 is 0. The zero-order chi connectivity index (χ0) is 20.5. The molecule has 3 heterocycles. The number of aromatic nitrogens is 4. The quantitative estimate of drug-likeness (QED) is 0.536. The summed E-state index contributed by atoms with van der Waals surface area (Å²) in [5.74, 6) is 1.06. The molecular formula is C22H24N8. The zero-order valence-corrected chi connectivity index (χ0v) is 16.7. The molecule has 1 saturated heterocycles. The van der Waals surface area contributed by atoms with Crippen LogP contribution in [0.15, 0.2) is 49.1 Å². The smallest absolute Gasteiger partial charge is 0.134 e. The van der Waals surface area contributed by atoms with Crippen LogP contribution in [0.1, 0.15) is 11.1 Å². The molecule has 4 aromatic rings. The molecule has 0 radical (unpaired) electrons. The van der Waals surface area contributed by atoms with E-state index in [1.165, 1.54) is 23.8 Å². The number of piperazine rings is 1. The van der Waals surface area contributed by atoms with E-state index in [4.69, 9.17) is 11.5 Å². The lowest BCUT2D eigenvalue weighted by Gasteiger charge is -2.34. The Bertz CT molecular complexity index is 1110. The highest BCUT2D eigenvalue weighted by atomic mass is 15.3. The van der Waals surface area contributed by atoms with Gasteiger partial charge in [0, 0.05) is 50.0 Å². The molecule has 0 unspecified atom stereocenters. The van der Waals surface area contributed by atoms with E-state index >= 15 is 0 Å². The van der Waals surface area contributed by atoms with Crippen LogP contribution in [0.4, 0.5) is 11.6 Å². The Kier molecular flexibility index (Phi) is 4.86. The molecule has 5 rings (SSSR count). The van der Waals surface area contributed by atoms with E-state index in [-0.39, 0.29) is 0 Å². The molecule has 0 amide bonds. The molecule has 0 atom stereocenters. The number of nitrogens with zero attached hydrogens (tertiary/aromatic N) is 6. The molecule has 4 N–H and O–H groups in total. The maximum atomic E-state index is 5.93. The van der Waals surface area contributed by atoms with Crippen molar-refractivity contribution in [1.29, 1.82) is 0 Å². The maximum Gasteiger partial charge on any atom is 0.134 e. The van der Waals surface area contributed by atoms with Crippen molar-refractivity contribution < 1.29 is 0 Å². The third-order valence-corrected chi connectivity index (χ3v) is 5.74. The molecule has 0 spiro atoms. The minimum absolute atomic E-state index is 0.531. The number of anilines is 2. The zero-order valence-electron chi connectivity index (χ0n) is 16.7. The van der Waals surface area contributed by atoms with Crippen molar-refractivity contribution in [3.63, 3.8) is 0 Å². The third-order valence-electron chi connectivity index (χ3n) is 5.74. The van der Waals surface area contributed by atoms with Crippen LogP contribution in [0.2, 0.25) is 0 Å². The van der Waals surface area contributed by atoms with Crippen LogP contribution in [-0.4, -0.2) is 55.9 Å². The van der Waals surface area contributed by atoms with Crippen LogP contribution in [0.5, 0.6) is 0 Å². The van der Waals surface area contributed by atoms with E-state index in [1.807, 2.05) is 12.1 Å². The molecule has 0 saturated carbocycles. The van der Waals surface area contributed by atoms with Gasteiger partial charge in [-0.1, -0.05) is 12.1 Å². The normalized spacial score (nSPS) is 15.7. The first kappa shape index (κ1) is 18.7. The molecule has 8 heteroatoms. The summed E-state index contributed by atoms with van der Waals surface area (Å²) in [6.45, 7) is 5.97. The molecule has 152 valence electrons. The first-order chi connectivity index (χ1) is 14.7. The number of hydrogen-bond donors (Lipinski definition) is 2. The fraction of sp³-hybridized carbons (Fsp3) is 0.273. The Balaban J connectivity index is 1.20. The first-order valence-electron chi connectivity index (χ1n) is 10.1. The van der Waals surface area contributed by atoms with Gasteiger partial charge in [-0.05, 0) is 35.4 Å². The van der Waals surface area contributed by atoms with Crippen LogP contribution in [0.25, 0.3) is 21.8 Å². The number of benzene rings is 2. The summed E-state index contributed by atoms with van der Waals surface area (Å²) in [7, 11) is 0. The van der Waals surface area contributed by atoms with Crippen molar-refractivity contribution >= 4 is 33.4 Å². The maximum absolute atomic E-state index is 5.93. The minimum atomic E-state index is 0.531. The Morgan fingerprint density at radius 2 is 1.07 bits per heavy atom. The van der Waals surface area contributed by atoms with Crippen LogP contribution in [-0.2, 0) is 13.1 Å². The summed E-state index contributed by atoms with van der Waals surface area (Å²) in [5, 5.41) is 1.82. The third kappa shape index (κ3) is 3.74. The van der Waals surface area contributed by atoms with Gasteiger partial charge in [0.25, 0.3) is 0 Å². The van der Waals surface area contributed by atoms with Crippen molar-refractivity contribution in [2.75, 3.05) is 37.6 Å². The van der Waals surface area contributed by atoms with E-state index in [9.17, 15) is 0 Å². The lowest BCUT2D eigenvalue weighted by atomic mass is 10.1. The number of hydrogen-bond acceptors (Lipinski definition) is 8. The van der Waals surface area contributed by atoms with Crippen LogP contribution < -0.4 is 11.5 Å². The summed E-state index contributed by atoms with van der Waals surface area (Å²) in [5.41, 5.74) is 16.2. The van der Waals surface area contributed by atoms with Crippen LogP contribution in [0, 0.1) is 0 Å². The molecular weight excluding hydrogens is 376 g/mol. The number of fused-ring (bicyclic) bond motifs is 2. The van der Waals surface area contributed by atoms with Gasteiger partial charge in [-0.25, -0.2) is 19.9 Å². The standard InChI is InChI=1S/C22H24N8/c23-21-17-3-1-15(9-19(17)25-13-27-21)11-29-5-7-30(8-6-29)12-16-2-4-18-20(10-16)26-14-28-22(18)24/h1-4,9-10,13-14H,5-8,11-12H2,(H2,23,25,27)(H2,24,26,28). The van der Waals surface area contributed by atoms with Gasteiger partial charge in [0.05, 0.1) is 11.0 Å². The molecule has 0 bridgehead atoms. The van der Waals surface area contributed by atoms with E-state index in [0.717, 1.165) is 61.1 Å². The molecule has 1 fully saturated rings. The van der Waals surface area contributed by atoms with Gasteiger partial charge in [-0.3, -0.25) is 9.80 Å². The highest BCUT2D eigenvalue weighted by molar-refractivity contribution is 5.88. The number of rotatable bonds is 4. The summed E-state index contributed by atoms with van der Waals surface area (Å²) in [4.78, 5) is 21.8. The van der Waals surface area contributed by atoms with Gasteiger partial charge < -0.3 is 11.5 Å². The second-order valence-electron chi connectivity index (χ2n) is 7.77. The average molecular weight is 400 g/mol. The SMILES string of the molecule is Nc1ncnc2cc(CN3CCN(Cc4ccc5c(N)ncnc5c4)CC3)ccc12. The van der Waals surface area contributed by atoms with Crippen molar-refractivity contribution in [3.05, 3.63) is 60.2 Å². The molecule has 1 aliphatic rings. The van der Waals surface area contributed by atoms with Crippen molar-refractivity contribution in [3.8, 4) is 0 Å². The fourth-order valence-electron chi connectivity index (χ4n) is 4.07. The summed E-state index contributed by atoms with van der Waals surface area (Å²) >= 11 is 0. The first-order valence-corrected chi connectivity index (χ1v) is 10.1. The Morgan fingerprint density at radius 1 is 0.633 bits per heavy atom. The van der Waals surface area contributed by atoms with Crippen LogP contribution in [0.3, 0.4) is 0 Å². The highest BCUT2D eigenvalue weighted by Gasteiger charge is 2.18. The monoisotopic (exact) mass is 400 g/mol. The van der Waals surface area contributed by atoms with E-state index in [1.54, 1.807) is 0 Å². The largest absolute Gasteiger partial charge is 0.383 e. The predicted molar refractivity (Wildman–Crippen MR) is 118 cm³/mol. The van der Waals surface area contributed by atoms with Gasteiger partial charge in [-0.15, -0.1) is 0 Å². The van der Waals surface area contributed by atoms with Gasteiger partial charge in [0.15, 0.2) is 0 Å². The minimum Gasteiger partial charge on any atom is -0.383 e. The lowest BCUT2D eigenvalue weighted by Crippen LogP contribution is -2.45. The van der Waals surface area contributed by atoms with Crippen molar-refractivity contribution in [2.24, 2.45) is 0 Å². The molecule has 0 aliphatic carbocycles. The van der Waals surface area contributed by atoms with E-state index < -0.39 is 0 Å². The average Bonchev–Trinajstić information content (AvgIpc) is 2.75. The van der Waals surface area contributed by atoms with E-state index in [2.05, 4.69) is 54.0 Å². The number of nitrogens with two attached hydrogens (primary N) is 2. The predicted octanol–water partition coefficient (Wildman–Crippen LogP) is 2.06. The fourth-order valence-corrected chi connectivity index (χ4v) is 4.07. The second kappa shape index (κ2) is 7.81. The van der Waals surface area contributed by atoms with Gasteiger partial charge >= 0.3 is 0 Å². The molecule has 1 aliphatic heterocycles. The molecule has 30 heavy (non-hydrogen) atoms. The summed E-state index contributed by atoms with van der Waals surface area (Å²) in [6, 6.07) is 12.5. The lowest BCUT2D eigenvalue weighted by molar-refractivity contribution is 0.122. The Morgan fingerprint density at radius 3 is 1.50 bits per heavy atom. The molecule has 2 aromatic carbocycles.